The van der Waals surface area contributed by atoms with E-state index in [1.165, 1.54) is 5.56 Å². The first-order valence-electron chi connectivity index (χ1n) is 7.98. The number of nitrogens with zero attached hydrogens (tertiary/aromatic N) is 2. The highest BCUT2D eigenvalue weighted by molar-refractivity contribution is 14.0. The average molecular weight is 455 g/mol. The Hall–Kier alpha value is -1.96. The fourth-order valence-electron chi connectivity index (χ4n) is 2.28. The zero-order valence-corrected chi connectivity index (χ0v) is 17.1. The van der Waals surface area contributed by atoms with Crippen LogP contribution >= 0.6 is 24.0 Å². The van der Waals surface area contributed by atoms with Gasteiger partial charge in [-0.1, -0.05) is 18.2 Å². The average Bonchev–Trinajstić information content (AvgIpc) is 3.12. The number of nitrogens with one attached hydrogen (secondary N) is 1. The predicted molar refractivity (Wildman–Crippen MR) is 113 cm³/mol. The van der Waals surface area contributed by atoms with Crippen molar-refractivity contribution in [1.82, 2.24) is 10.2 Å². The van der Waals surface area contributed by atoms with Crippen LogP contribution in [0, 0.1) is 0 Å². The van der Waals surface area contributed by atoms with Crippen LogP contribution in [0.5, 0.6) is 5.75 Å². The van der Waals surface area contributed by atoms with Gasteiger partial charge in [0.15, 0.2) is 5.96 Å². The van der Waals surface area contributed by atoms with Gasteiger partial charge in [-0.05, 0) is 29.8 Å². The Kier molecular flexibility index (Phi) is 9.76. The lowest BCUT2D eigenvalue weighted by Gasteiger charge is -2.22. The highest BCUT2D eigenvalue weighted by atomic mass is 127. The van der Waals surface area contributed by atoms with Gasteiger partial charge in [-0.15, -0.1) is 30.6 Å². The van der Waals surface area contributed by atoms with Crippen molar-refractivity contribution < 1.29 is 9.15 Å². The topological polar surface area (TPSA) is 50.0 Å². The molecule has 0 bridgehead atoms. The summed E-state index contributed by atoms with van der Waals surface area (Å²) in [7, 11) is 3.69. The molecule has 0 aliphatic rings. The molecule has 0 radical (unpaired) electrons. The van der Waals surface area contributed by atoms with Gasteiger partial charge in [0.05, 0.1) is 13.4 Å². The molecule has 2 rings (SSSR count). The molecule has 6 heteroatoms. The van der Waals surface area contributed by atoms with E-state index in [0.717, 1.165) is 30.4 Å². The molecule has 0 atom stereocenters. The largest absolute Gasteiger partial charge is 0.497 e. The van der Waals surface area contributed by atoms with Crippen LogP contribution in [-0.4, -0.2) is 38.1 Å². The number of rotatable bonds is 8. The molecular formula is C19H26IN3O2. The van der Waals surface area contributed by atoms with Crippen LogP contribution in [0.25, 0.3) is 0 Å². The number of guanidine groups is 1. The molecule has 1 aromatic carbocycles. The molecule has 0 spiro atoms. The van der Waals surface area contributed by atoms with E-state index < -0.39 is 0 Å². The van der Waals surface area contributed by atoms with Crippen molar-refractivity contribution in [3.8, 4) is 5.75 Å². The Labute approximate surface area is 166 Å². The minimum Gasteiger partial charge on any atom is -0.497 e. The van der Waals surface area contributed by atoms with Gasteiger partial charge in [-0.2, -0.15) is 0 Å². The molecule has 0 saturated carbocycles. The molecular weight excluding hydrogens is 429 g/mol. The number of methoxy groups -OCH3 is 1. The van der Waals surface area contributed by atoms with Gasteiger partial charge >= 0.3 is 0 Å². The summed E-state index contributed by atoms with van der Waals surface area (Å²) >= 11 is 0. The van der Waals surface area contributed by atoms with Crippen LogP contribution in [0.4, 0.5) is 0 Å². The van der Waals surface area contributed by atoms with Crippen LogP contribution in [0.15, 0.2) is 64.7 Å². The Morgan fingerprint density at radius 3 is 2.68 bits per heavy atom. The molecule has 0 saturated heterocycles. The summed E-state index contributed by atoms with van der Waals surface area (Å²) in [5.74, 6) is 2.65. The van der Waals surface area contributed by atoms with Gasteiger partial charge in [0.25, 0.3) is 0 Å². The van der Waals surface area contributed by atoms with Gasteiger partial charge in [0, 0.05) is 33.1 Å². The number of benzene rings is 1. The smallest absolute Gasteiger partial charge is 0.194 e. The quantitative estimate of drug-likeness (QED) is 0.286. The third kappa shape index (κ3) is 7.21. The van der Waals surface area contributed by atoms with Crippen molar-refractivity contribution in [3.05, 3.63) is 66.6 Å². The Morgan fingerprint density at radius 2 is 2.08 bits per heavy atom. The normalized spacial score (nSPS) is 10.7. The predicted octanol–water partition coefficient (Wildman–Crippen LogP) is 3.71. The second-order valence-electron chi connectivity index (χ2n) is 5.41. The molecule has 1 heterocycles. The summed E-state index contributed by atoms with van der Waals surface area (Å²) in [6.07, 6.45) is 4.29. The van der Waals surface area contributed by atoms with E-state index in [2.05, 4.69) is 33.9 Å². The molecule has 1 N–H and O–H groups in total. The van der Waals surface area contributed by atoms with Gasteiger partial charge in [-0.25, -0.2) is 0 Å². The molecule has 5 nitrogen and oxygen atoms in total. The number of hydrogen-bond donors (Lipinski definition) is 1. The summed E-state index contributed by atoms with van der Waals surface area (Å²) in [4.78, 5) is 6.76. The highest BCUT2D eigenvalue weighted by Gasteiger charge is 2.07. The monoisotopic (exact) mass is 455 g/mol. The third-order valence-corrected chi connectivity index (χ3v) is 3.54. The van der Waals surface area contributed by atoms with Crippen molar-refractivity contribution in [2.75, 3.05) is 27.2 Å². The lowest BCUT2D eigenvalue weighted by molar-refractivity contribution is 0.414. The SMILES string of the molecule is C=CCNC(=NCCc1ccco1)N(C)Cc1ccc(OC)cc1.I. The standard InChI is InChI=1S/C19H25N3O2.HI/c1-4-12-20-19(21-13-11-18-6-5-14-24-18)22(2)15-16-7-9-17(23-3)10-8-16;/h4-10,14H,1,11-13,15H2,2-3H3,(H,20,21);1H. The van der Waals surface area contributed by atoms with Crippen molar-refractivity contribution in [1.29, 1.82) is 0 Å². The maximum Gasteiger partial charge on any atom is 0.194 e. The van der Waals surface area contributed by atoms with E-state index in [9.17, 15) is 0 Å². The maximum atomic E-state index is 5.34. The molecule has 25 heavy (non-hydrogen) atoms. The number of hydrogen-bond acceptors (Lipinski definition) is 3. The molecule has 0 fully saturated rings. The first kappa shape index (κ1) is 21.1. The summed E-state index contributed by atoms with van der Waals surface area (Å²) in [5, 5.41) is 3.29. The van der Waals surface area contributed by atoms with Crippen LogP contribution in [0.1, 0.15) is 11.3 Å². The van der Waals surface area contributed by atoms with E-state index in [-0.39, 0.29) is 24.0 Å². The maximum absolute atomic E-state index is 5.34. The first-order chi connectivity index (χ1) is 11.7. The van der Waals surface area contributed by atoms with Gasteiger partial charge in [-0.3, -0.25) is 4.99 Å². The molecule has 0 aliphatic carbocycles. The summed E-state index contributed by atoms with van der Waals surface area (Å²) in [5.41, 5.74) is 1.19. The summed E-state index contributed by atoms with van der Waals surface area (Å²) < 4.78 is 10.5. The Bertz CT molecular complexity index is 639. The van der Waals surface area contributed by atoms with Gasteiger partial charge in [0.1, 0.15) is 11.5 Å². The minimum atomic E-state index is 0. The second-order valence-corrected chi connectivity index (χ2v) is 5.41. The number of furan rings is 1. The number of halogens is 1. The van der Waals surface area contributed by atoms with E-state index in [0.29, 0.717) is 13.1 Å². The number of aliphatic imine (C=N–C) groups is 1. The minimum absolute atomic E-state index is 0. The van der Waals surface area contributed by atoms with E-state index in [1.54, 1.807) is 13.4 Å². The zero-order chi connectivity index (χ0) is 17.2. The molecule has 1 aromatic heterocycles. The molecule has 0 unspecified atom stereocenters. The van der Waals surface area contributed by atoms with E-state index >= 15 is 0 Å². The fourth-order valence-corrected chi connectivity index (χ4v) is 2.28. The summed E-state index contributed by atoms with van der Waals surface area (Å²) in [6.45, 7) is 5.85. The van der Waals surface area contributed by atoms with Crippen LogP contribution < -0.4 is 10.1 Å². The molecule has 0 amide bonds. The highest BCUT2D eigenvalue weighted by Crippen LogP contribution is 2.12. The Balaban J connectivity index is 0.00000312. The molecule has 136 valence electrons. The van der Waals surface area contributed by atoms with Crippen molar-refractivity contribution >= 4 is 29.9 Å². The van der Waals surface area contributed by atoms with Gasteiger partial charge < -0.3 is 19.4 Å². The van der Waals surface area contributed by atoms with Crippen LogP contribution in [0.2, 0.25) is 0 Å². The lowest BCUT2D eigenvalue weighted by atomic mass is 10.2. The first-order valence-corrected chi connectivity index (χ1v) is 7.98. The lowest BCUT2D eigenvalue weighted by Crippen LogP contribution is -2.38. The van der Waals surface area contributed by atoms with E-state index in [4.69, 9.17) is 9.15 Å². The molecule has 2 aromatic rings. The van der Waals surface area contributed by atoms with Crippen molar-refractivity contribution in [2.45, 2.75) is 13.0 Å². The number of ether oxygens (including phenoxy) is 1. The van der Waals surface area contributed by atoms with Gasteiger partial charge in [0.2, 0.25) is 0 Å². The summed E-state index contributed by atoms with van der Waals surface area (Å²) in [6, 6.07) is 11.9. The zero-order valence-electron chi connectivity index (χ0n) is 14.8. The second kappa shape index (κ2) is 11.6. The van der Waals surface area contributed by atoms with Crippen molar-refractivity contribution in [3.63, 3.8) is 0 Å². The van der Waals surface area contributed by atoms with Crippen LogP contribution in [0.3, 0.4) is 0 Å². The Morgan fingerprint density at radius 1 is 1.32 bits per heavy atom. The third-order valence-electron chi connectivity index (χ3n) is 3.54. The molecule has 0 aliphatic heterocycles. The van der Waals surface area contributed by atoms with E-state index in [1.807, 2.05) is 37.4 Å². The van der Waals surface area contributed by atoms with Crippen LogP contribution in [-0.2, 0) is 13.0 Å². The van der Waals surface area contributed by atoms with Crippen molar-refractivity contribution in [2.24, 2.45) is 4.99 Å². The fraction of sp³-hybridized carbons (Fsp3) is 0.316.